The molecule has 0 saturated heterocycles. The molecule has 0 bridgehead atoms. The first-order valence-corrected chi connectivity index (χ1v) is 10.0. The normalized spacial score (nSPS) is 12.4. The number of amides is 2. The van der Waals surface area contributed by atoms with Crippen LogP contribution in [0.5, 0.6) is 0 Å². The lowest BCUT2D eigenvalue weighted by atomic mass is 10.1. The number of hydrogen-bond acceptors (Lipinski definition) is 8. The van der Waals surface area contributed by atoms with E-state index in [1.165, 1.54) is 12.1 Å². The number of nitrogen functional groups attached to an aromatic ring is 1. The molecule has 0 spiro atoms. The van der Waals surface area contributed by atoms with Crippen molar-refractivity contribution in [1.82, 2.24) is 10.3 Å². The molecule has 2 heterocycles. The summed E-state index contributed by atoms with van der Waals surface area (Å²) in [5, 5.41) is 27.8. The maximum Gasteiger partial charge on any atom is 0.319 e. The fraction of sp³-hybridized carbons (Fsp3) is 0.238. The van der Waals surface area contributed by atoms with Gasteiger partial charge in [0.1, 0.15) is 11.5 Å². The van der Waals surface area contributed by atoms with E-state index in [4.69, 9.17) is 16.1 Å². The van der Waals surface area contributed by atoms with E-state index in [2.05, 4.69) is 31.9 Å². The molecular formula is C21H25N7O3. The molecule has 1 aliphatic heterocycles. The van der Waals surface area contributed by atoms with E-state index in [1.54, 1.807) is 12.1 Å². The number of carbonyl (C=O) groups excluding carboxylic acids is 1. The van der Waals surface area contributed by atoms with E-state index in [0.717, 1.165) is 41.7 Å². The summed E-state index contributed by atoms with van der Waals surface area (Å²) in [6.07, 6.45) is 1.72. The standard InChI is InChI=1S/C21H25N7O3/c22-20-18-19(16-5-1-2-6-17(16)26-20)27(13-24-18)12-4-3-11-23-21(29)25-14-7-9-15(10-8-14)28(30)31/h1-2,5-10,24,30-31H,3-4,11-13H2,(H2,22,26)(H2,23,25,29). The Bertz CT molecular complexity index is 1070. The number of nitrogens with two attached hydrogens (primary N) is 1. The molecule has 2 amide bonds. The lowest BCUT2D eigenvalue weighted by Gasteiger charge is -2.19. The van der Waals surface area contributed by atoms with Crippen LogP contribution in [-0.2, 0) is 0 Å². The van der Waals surface area contributed by atoms with Crippen LogP contribution < -0.4 is 31.8 Å². The van der Waals surface area contributed by atoms with Crippen molar-refractivity contribution in [3.8, 4) is 0 Å². The van der Waals surface area contributed by atoms with Crippen LogP contribution in [0.2, 0.25) is 0 Å². The Hall–Kier alpha value is -3.76. The number of rotatable bonds is 7. The molecule has 10 nitrogen and oxygen atoms in total. The molecule has 3 aromatic rings. The summed E-state index contributed by atoms with van der Waals surface area (Å²) < 4.78 is 0. The molecule has 0 aliphatic carbocycles. The predicted molar refractivity (Wildman–Crippen MR) is 121 cm³/mol. The monoisotopic (exact) mass is 423 g/mol. The second-order valence-electron chi connectivity index (χ2n) is 7.26. The number of pyridine rings is 1. The van der Waals surface area contributed by atoms with E-state index >= 15 is 0 Å². The lowest BCUT2D eigenvalue weighted by Crippen LogP contribution is -2.30. The van der Waals surface area contributed by atoms with Gasteiger partial charge in [0, 0.05) is 24.2 Å². The molecule has 1 aliphatic rings. The predicted octanol–water partition coefficient (Wildman–Crippen LogP) is 3.19. The number of fused-ring (bicyclic) bond motifs is 3. The zero-order chi connectivity index (χ0) is 21.8. The second kappa shape index (κ2) is 8.94. The van der Waals surface area contributed by atoms with Crippen LogP contribution in [-0.4, -0.2) is 41.2 Å². The number of aromatic nitrogens is 1. The number of nitrogens with one attached hydrogen (secondary N) is 3. The van der Waals surface area contributed by atoms with Crippen molar-refractivity contribution in [3.63, 3.8) is 0 Å². The number of para-hydroxylation sites is 1. The highest BCUT2D eigenvalue weighted by molar-refractivity contribution is 6.03. The molecule has 7 N–H and O–H groups in total. The summed E-state index contributed by atoms with van der Waals surface area (Å²) in [4.78, 5) is 18.7. The zero-order valence-corrected chi connectivity index (χ0v) is 16.9. The average Bonchev–Trinajstić information content (AvgIpc) is 3.19. The third kappa shape index (κ3) is 4.55. The van der Waals surface area contributed by atoms with Crippen molar-refractivity contribution in [2.75, 3.05) is 46.3 Å². The first kappa shape index (κ1) is 20.5. The van der Waals surface area contributed by atoms with Crippen molar-refractivity contribution >= 4 is 45.5 Å². The van der Waals surface area contributed by atoms with E-state index in [0.29, 0.717) is 24.7 Å². The van der Waals surface area contributed by atoms with E-state index in [9.17, 15) is 4.79 Å². The molecule has 162 valence electrons. The number of hydrogen-bond donors (Lipinski definition) is 6. The van der Waals surface area contributed by atoms with Gasteiger partial charge in [0.2, 0.25) is 0 Å². The van der Waals surface area contributed by atoms with Gasteiger partial charge in [-0.1, -0.05) is 18.2 Å². The minimum absolute atomic E-state index is 0.0196. The van der Waals surface area contributed by atoms with Gasteiger partial charge in [0.05, 0.1) is 23.6 Å². The average molecular weight is 423 g/mol. The van der Waals surface area contributed by atoms with Gasteiger partial charge < -0.3 is 26.6 Å². The number of nitrogens with zero attached hydrogens (tertiary/aromatic N) is 3. The topological polar surface area (TPSA) is 139 Å². The molecule has 0 fully saturated rings. The van der Waals surface area contributed by atoms with E-state index < -0.39 is 0 Å². The molecule has 0 saturated carbocycles. The smallest absolute Gasteiger partial charge is 0.319 e. The van der Waals surface area contributed by atoms with Gasteiger partial charge in [-0.2, -0.15) is 0 Å². The van der Waals surface area contributed by atoms with Gasteiger partial charge in [0.15, 0.2) is 0 Å². The van der Waals surface area contributed by atoms with Crippen molar-refractivity contribution in [3.05, 3.63) is 48.5 Å². The molecule has 1 aromatic heterocycles. The number of anilines is 5. The van der Waals surface area contributed by atoms with Gasteiger partial charge in [-0.05, 0) is 43.2 Å². The summed E-state index contributed by atoms with van der Waals surface area (Å²) in [7, 11) is 0. The van der Waals surface area contributed by atoms with Crippen molar-refractivity contribution < 1.29 is 15.2 Å². The van der Waals surface area contributed by atoms with Crippen molar-refractivity contribution in [2.45, 2.75) is 12.8 Å². The summed E-state index contributed by atoms with van der Waals surface area (Å²) in [5.74, 6) is 0.508. The summed E-state index contributed by atoms with van der Waals surface area (Å²) >= 11 is 0. The van der Waals surface area contributed by atoms with Crippen molar-refractivity contribution in [2.24, 2.45) is 0 Å². The fourth-order valence-electron chi connectivity index (χ4n) is 3.64. The molecule has 0 unspecified atom stereocenters. The third-order valence-corrected chi connectivity index (χ3v) is 5.15. The van der Waals surface area contributed by atoms with Crippen LogP contribution in [0.4, 0.5) is 33.4 Å². The molecule has 4 rings (SSSR count). The van der Waals surface area contributed by atoms with Gasteiger partial charge in [-0.15, -0.1) is 5.23 Å². The zero-order valence-electron chi connectivity index (χ0n) is 16.9. The Morgan fingerprint density at radius 2 is 1.94 bits per heavy atom. The Kier molecular flexibility index (Phi) is 5.92. The van der Waals surface area contributed by atoms with Gasteiger partial charge in [0.25, 0.3) is 0 Å². The lowest BCUT2D eigenvalue weighted by molar-refractivity contribution is 0.0292. The molecule has 0 radical (unpaired) electrons. The third-order valence-electron chi connectivity index (χ3n) is 5.15. The van der Waals surface area contributed by atoms with Crippen LogP contribution in [0.1, 0.15) is 12.8 Å². The summed E-state index contributed by atoms with van der Waals surface area (Å²) in [5.41, 5.74) is 9.72. The minimum Gasteiger partial charge on any atom is -0.382 e. The fourth-order valence-corrected chi connectivity index (χ4v) is 3.64. The van der Waals surface area contributed by atoms with Gasteiger partial charge in [-0.3, -0.25) is 10.4 Å². The second-order valence-corrected chi connectivity index (χ2v) is 7.26. The number of carbonyl (C=O) groups is 1. The van der Waals surface area contributed by atoms with E-state index in [-0.39, 0.29) is 16.9 Å². The first-order valence-electron chi connectivity index (χ1n) is 10.0. The van der Waals surface area contributed by atoms with Crippen molar-refractivity contribution in [1.29, 1.82) is 0 Å². The van der Waals surface area contributed by atoms with Crippen LogP contribution >= 0.6 is 0 Å². The highest BCUT2D eigenvalue weighted by atomic mass is 16.8. The van der Waals surface area contributed by atoms with Gasteiger partial charge in [-0.25, -0.2) is 9.78 Å². The highest BCUT2D eigenvalue weighted by Gasteiger charge is 2.24. The van der Waals surface area contributed by atoms with Crippen LogP contribution in [0, 0.1) is 0 Å². The Morgan fingerprint density at radius 1 is 1.16 bits per heavy atom. The largest absolute Gasteiger partial charge is 0.382 e. The summed E-state index contributed by atoms with van der Waals surface area (Å²) in [6, 6.07) is 13.8. The Labute approximate surface area is 179 Å². The number of unbranched alkanes of at least 4 members (excludes halogenated alkanes) is 1. The highest BCUT2D eigenvalue weighted by Crippen LogP contribution is 2.40. The van der Waals surface area contributed by atoms with Crippen LogP contribution in [0.15, 0.2) is 48.5 Å². The minimum atomic E-state index is -0.310. The first-order chi connectivity index (χ1) is 15.0. The SMILES string of the molecule is Nc1nc2ccccc2c2c1NCN2CCCCNC(=O)Nc1ccc(N(O)O)cc1. The number of urea groups is 1. The van der Waals surface area contributed by atoms with E-state index in [1.807, 2.05) is 18.2 Å². The number of benzene rings is 2. The quantitative estimate of drug-likeness (QED) is 0.252. The maximum atomic E-state index is 12.0. The summed E-state index contributed by atoms with van der Waals surface area (Å²) in [6.45, 7) is 2.05. The Balaban J connectivity index is 1.25. The molecular weight excluding hydrogens is 398 g/mol. The maximum absolute atomic E-state index is 12.0. The van der Waals surface area contributed by atoms with Crippen LogP contribution in [0.25, 0.3) is 10.9 Å². The molecule has 2 aromatic carbocycles. The van der Waals surface area contributed by atoms with Gasteiger partial charge >= 0.3 is 6.03 Å². The van der Waals surface area contributed by atoms with Crippen LogP contribution in [0.3, 0.4) is 0 Å². The molecule has 31 heavy (non-hydrogen) atoms. The Morgan fingerprint density at radius 3 is 2.71 bits per heavy atom. The molecule has 0 atom stereocenters. The molecule has 10 heteroatoms.